The fraction of sp³-hybridized carbons (Fsp3) is 0.500. The Hall–Kier alpha value is 0.164. The van der Waals surface area contributed by atoms with E-state index in [-0.39, 0.29) is 27.9 Å². The number of hydrogen-bond acceptors (Lipinski definition) is 3. The van der Waals surface area contributed by atoms with Crippen LogP contribution in [0.15, 0.2) is 12.7 Å². The maximum atomic E-state index is 7.00. The van der Waals surface area contributed by atoms with Crippen LogP contribution in [0, 0.1) is 6.92 Å². The molecule has 0 aromatic rings. The number of allylic oxidation sites excluding steroid dienone is 1. The summed E-state index contributed by atoms with van der Waals surface area (Å²) in [6.07, 6.45) is 1.50. The zero-order valence-corrected chi connectivity index (χ0v) is 8.97. The van der Waals surface area contributed by atoms with Gasteiger partial charge < -0.3 is 21.5 Å². The fourth-order valence-electron chi connectivity index (χ4n) is 0. The monoisotopic (exact) mass is 201 g/mol. The molecule has 0 fully saturated rings. The number of aliphatic hydroxyl groups excluding tert-OH is 3. The summed E-state index contributed by atoms with van der Waals surface area (Å²) >= 11 is 0. The summed E-state index contributed by atoms with van der Waals surface area (Å²) in [5, 5.41) is 21.0. The summed E-state index contributed by atoms with van der Waals surface area (Å²) in [6.45, 7) is 6.50. The molecular weight excluding hydrogens is 182 g/mol. The van der Waals surface area contributed by atoms with Crippen molar-refractivity contribution in [1.29, 1.82) is 0 Å². The molecule has 0 aromatic carbocycles. The standard InChI is InChI=1S/C3H5.3CH4O.H2N.Ti/c1-3-2;3*1-2;;/h3H,1-2H2;3*2H,1H3;1H2;/q-1;;;;-1;+2. The summed E-state index contributed by atoms with van der Waals surface area (Å²) < 4.78 is 0. The van der Waals surface area contributed by atoms with Gasteiger partial charge in [-0.05, 0) is 0 Å². The molecule has 4 nitrogen and oxygen atoms in total. The quantitative estimate of drug-likeness (QED) is 0.394. The molecule has 0 saturated carbocycles. The average molecular weight is 201 g/mol. The second-order valence-corrected chi connectivity index (χ2v) is 0.289. The largest absolute Gasteiger partial charge is 2.00 e. The van der Waals surface area contributed by atoms with E-state index in [4.69, 9.17) is 15.3 Å². The third-order valence-electron chi connectivity index (χ3n) is 0. The third kappa shape index (κ3) is 25100. The number of rotatable bonds is 0. The SMILES string of the molecule is C=C[CH2-].CO.CO.CO.[NH2-].[Ti+2]. The van der Waals surface area contributed by atoms with Gasteiger partial charge in [0.05, 0.1) is 0 Å². The molecule has 0 amide bonds. The summed E-state index contributed by atoms with van der Waals surface area (Å²) in [5.74, 6) is 0. The van der Waals surface area contributed by atoms with Crippen LogP contribution in [0.4, 0.5) is 0 Å². The van der Waals surface area contributed by atoms with E-state index in [1.54, 1.807) is 0 Å². The Morgan fingerprint density at radius 3 is 1.00 bits per heavy atom. The molecule has 0 aliphatic heterocycles. The normalized spacial score (nSPS) is 2.73. The molecule has 0 aliphatic carbocycles. The van der Waals surface area contributed by atoms with Crippen LogP contribution in [-0.4, -0.2) is 36.6 Å². The first-order valence-corrected chi connectivity index (χ1v) is 2.16. The molecule has 0 bridgehead atoms. The molecule has 0 heterocycles. The van der Waals surface area contributed by atoms with Crippen LogP contribution in [0.2, 0.25) is 0 Å². The van der Waals surface area contributed by atoms with Crippen molar-refractivity contribution < 1.29 is 37.0 Å². The molecular formula is C6H19NO3Ti. The van der Waals surface area contributed by atoms with Crippen molar-refractivity contribution in [2.24, 2.45) is 0 Å². The van der Waals surface area contributed by atoms with Crippen molar-refractivity contribution in [2.75, 3.05) is 21.3 Å². The molecule has 0 radical (unpaired) electrons. The van der Waals surface area contributed by atoms with Crippen LogP contribution in [0.1, 0.15) is 0 Å². The van der Waals surface area contributed by atoms with E-state index in [9.17, 15) is 0 Å². The molecule has 11 heavy (non-hydrogen) atoms. The minimum absolute atomic E-state index is 0. The van der Waals surface area contributed by atoms with E-state index in [2.05, 4.69) is 13.5 Å². The van der Waals surface area contributed by atoms with E-state index in [1.807, 2.05) is 0 Å². The van der Waals surface area contributed by atoms with Crippen LogP contribution in [-0.2, 0) is 21.7 Å². The van der Waals surface area contributed by atoms with E-state index in [1.165, 1.54) is 6.08 Å². The first-order chi connectivity index (χ1) is 4.41. The fourth-order valence-corrected chi connectivity index (χ4v) is 0. The molecule has 0 saturated heterocycles. The van der Waals surface area contributed by atoms with Crippen molar-refractivity contribution in [3.63, 3.8) is 0 Å². The Balaban J connectivity index is -0.00000000729. The van der Waals surface area contributed by atoms with Crippen molar-refractivity contribution in [3.8, 4) is 0 Å². The Labute approximate surface area is 84.4 Å². The molecule has 70 valence electrons. The van der Waals surface area contributed by atoms with Gasteiger partial charge in [0.2, 0.25) is 0 Å². The van der Waals surface area contributed by atoms with Gasteiger partial charge in [0.15, 0.2) is 0 Å². The summed E-state index contributed by atoms with van der Waals surface area (Å²) in [5.41, 5.74) is 0. The van der Waals surface area contributed by atoms with Gasteiger partial charge in [0.25, 0.3) is 0 Å². The first-order valence-electron chi connectivity index (χ1n) is 2.16. The molecule has 0 spiro atoms. The molecule has 5 heteroatoms. The van der Waals surface area contributed by atoms with Gasteiger partial charge >= 0.3 is 21.7 Å². The average Bonchev–Trinajstić information content (AvgIpc) is 2.01. The van der Waals surface area contributed by atoms with Gasteiger partial charge in [-0.1, -0.05) is 0 Å². The Kier molecular flexibility index (Phi) is 2480. The van der Waals surface area contributed by atoms with Crippen molar-refractivity contribution in [1.82, 2.24) is 0 Å². The van der Waals surface area contributed by atoms with Gasteiger partial charge in [-0.2, -0.15) is 0 Å². The van der Waals surface area contributed by atoms with Crippen molar-refractivity contribution in [3.05, 3.63) is 25.7 Å². The van der Waals surface area contributed by atoms with Gasteiger partial charge in [0, 0.05) is 21.3 Å². The second-order valence-electron chi connectivity index (χ2n) is 0.289. The predicted octanol–water partition coefficient (Wildman–Crippen LogP) is 0.547. The third-order valence-corrected chi connectivity index (χ3v) is 0. The Morgan fingerprint density at radius 1 is 1.00 bits per heavy atom. The van der Waals surface area contributed by atoms with Crippen molar-refractivity contribution >= 4 is 0 Å². The molecule has 0 rings (SSSR count). The number of nitrogens with two attached hydrogens (primary N) is 1. The second kappa shape index (κ2) is 630. The molecule has 0 unspecified atom stereocenters. The van der Waals surface area contributed by atoms with E-state index in [0.717, 1.165) is 21.3 Å². The molecule has 0 atom stereocenters. The molecule has 0 aromatic heterocycles. The summed E-state index contributed by atoms with van der Waals surface area (Å²) in [4.78, 5) is 0. The zero-order valence-electron chi connectivity index (χ0n) is 7.41. The minimum Gasteiger partial charge on any atom is -0.693 e. The van der Waals surface area contributed by atoms with Gasteiger partial charge in [0.1, 0.15) is 0 Å². The topological polar surface area (TPSA) is 94.2 Å². The van der Waals surface area contributed by atoms with Crippen LogP contribution >= 0.6 is 0 Å². The molecule has 5 N–H and O–H groups in total. The minimum atomic E-state index is 0. The van der Waals surface area contributed by atoms with E-state index in [0.29, 0.717) is 0 Å². The number of aliphatic hydroxyl groups is 3. The predicted molar refractivity (Wildman–Crippen MR) is 45.3 cm³/mol. The van der Waals surface area contributed by atoms with Crippen LogP contribution in [0.25, 0.3) is 6.15 Å². The number of hydrogen-bond donors (Lipinski definition) is 3. The maximum Gasteiger partial charge on any atom is 2.00 e. The summed E-state index contributed by atoms with van der Waals surface area (Å²) in [7, 11) is 3.00. The van der Waals surface area contributed by atoms with Crippen molar-refractivity contribution in [2.45, 2.75) is 0 Å². The maximum absolute atomic E-state index is 7.00. The Bertz CT molecular complexity index is 25.3. The van der Waals surface area contributed by atoms with Gasteiger partial charge in [-0.25, -0.2) is 19.6 Å². The van der Waals surface area contributed by atoms with Crippen LogP contribution in [0.3, 0.4) is 0 Å². The summed E-state index contributed by atoms with van der Waals surface area (Å²) in [6, 6.07) is 0. The smallest absolute Gasteiger partial charge is 0.693 e. The van der Waals surface area contributed by atoms with Crippen LogP contribution < -0.4 is 0 Å². The van der Waals surface area contributed by atoms with Gasteiger partial charge in [-0.15, -0.1) is 0 Å². The Morgan fingerprint density at radius 2 is 1.00 bits per heavy atom. The zero-order chi connectivity index (χ0) is 8.71. The van der Waals surface area contributed by atoms with E-state index < -0.39 is 0 Å². The van der Waals surface area contributed by atoms with Crippen LogP contribution in [0.5, 0.6) is 0 Å². The van der Waals surface area contributed by atoms with Gasteiger partial charge in [-0.3, -0.25) is 0 Å². The van der Waals surface area contributed by atoms with E-state index >= 15 is 0 Å². The molecule has 0 aliphatic rings. The first kappa shape index (κ1) is 43.2.